The van der Waals surface area contributed by atoms with Crippen LogP contribution >= 0.6 is 0 Å². The quantitative estimate of drug-likeness (QED) is 0.447. The Morgan fingerprint density at radius 2 is 1.58 bits per heavy atom. The van der Waals surface area contributed by atoms with Crippen LogP contribution < -0.4 is 0 Å². The van der Waals surface area contributed by atoms with E-state index in [0.29, 0.717) is 0 Å². The summed E-state index contributed by atoms with van der Waals surface area (Å²) in [6.07, 6.45) is 4.57. The zero-order valence-electron chi connectivity index (χ0n) is 8.71. The molecule has 2 nitrogen and oxygen atoms in total. The third-order valence-electron chi connectivity index (χ3n) is 2.10. The van der Waals surface area contributed by atoms with Crippen molar-refractivity contribution >= 4 is 0 Å². The van der Waals surface area contributed by atoms with Crippen molar-refractivity contribution in [2.75, 3.05) is 26.7 Å². The fraction of sp³-hybridized carbons (Fsp3) is 0.800. The monoisotopic (exact) mass is 173 g/mol. The average Bonchev–Trinajstić information content (AvgIpc) is 1.88. The molecule has 0 heterocycles. The van der Waals surface area contributed by atoms with Crippen molar-refractivity contribution in [1.29, 1.82) is 0 Å². The molecular weight excluding hydrogens is 150 g/mol. The van der Waals surface area contributed by atoms with Crippen molar-refractivity contribution in [1.82, 2.24) is 0 Å². The van der Waals surface area contributed by atoms with Crippen LogP contribution in [0.1, 0.15) is 26.7 Å². The van der Waals surface area contributed by atoms with E-state index in [4.69, 9.17) is 0 Å². The standard InChI is InChI=1S/C10H22N.H2O/c1-5-8-11(4,9-6-2)10-7-3;/h5H,1,6-10H2,2-4H3;1H2/q+1;/p-1. The lowest BCUT2D eigenvalue weighted by Gasteiger charge is -2.32. The lowest BCUT2D eigenvalue weighted by Crippen LogP contribution is -2.45. The van der Waals surface area contributed by atoms with E-state index in [1.165, 1.54) is 25.9 Å². The summed E-state index contributed by atoms with van der Waals surface area (Å²) in [7, 11) is 2.31. The van der Waals surface area contributed by atoms with Crippen LogP contribution in [0.15, 0.2) is 12.7 Å². The predicted octanol–water partition coefficient (Wildman–Crippen LogP) is 2.26. The van der Waals surface area contributed by atoms with Gasteiger partial charge >= 0.3 is 0 Å². The van der Waals surface area contributed by atoms with Gasteiger partial charge in [0.2, 0.25) is 0 Å². The fourth-order valence-electron chi connectivity index (χ4n) is 1.69. The molecule has 0 saturated carbocycles. The molecular formula is C10H23NO. The van der Waals surface area contributed by atoms with Crippen LogP contribution in [0, 0.1) is 0 Å². The summed E-state index contributed by atoms with van der Waals surface area (Å²) < 4.78 is 1.16. The van der Waals surface area contributed by atoms with Crippen molar-refractivity contribution in [3.8, 4) is 0 Å². The molecule has 0 aromatic carbocycles. The van der Waals surface area contributed by atoms with Gasteiger partial charge in [0.05, 0.1) is 26.7 Å². The van der Waals surface area contributed by atoms with Gasteiger partial charge in [-0.2, -0.15) is 0 Å². The SMILES string of the molecule is C=CC[N+](C)(CCC)CCC.[OH-]. The Hall–Kier alpha value is -0.340. The first-order valence-electron chi connectivity index (χ1n) is 4.63. The minimum absolute atomic E-state index is 0. The molecule has 0 amide bonds. The number of quaternary nitrogens is 1. The van der Waals surface area contributed by atoms with Gasteiger partial charge < -0.3 is 9.96 Å². The molecule has 0 saturated heterocycles. The molecule has 0 aliphatic rings. The maximum absolute atomic E-state index is 3.79. The maximum atomic E-state index is 3.79. The van der Waals surface area contributed by atoms with Crippen molar-refractivity contribution in [2.24, 2.45) is 0 Å². The van der Waals surface area contributed by atoms with Crippen molar-refractivity contribution in [3.63, 3.8) is 0 Å². The van der Waals surface area contributed by atoms with Gasteiger partial charge in [0.15, 0.2) is 0 Å². The zero-order valence-corrected chi connectivity index (χ0v) is 8.71. The first-order chi connectivity index (χ1) is 5.18. The van der Waals surface area contributed by atoms with Crippen molar-refractivity contribution in [3.05, 3.63) is 12.7 Å². The van der Waals surface area contributed by atoms with Crippen LogP contribution in [0.3, 0.4) is 0 Å². The molecule has 0 bridgehead atoms. The third kappa shape index (κ3) is 5.33. The lowest BCUT2D eigenvalue weighted by molar-refractivity contribution is -0.904. The first-order valence-corrected chi connectivity index (χ1v) is 4.63. The fourth-order valence-corrected chi connectivity index (χ4v) is 1.69. The Labute approximate surface area is 76.8 Å². The molecule has 0 fully saturated rings. The van der Waals surface area contributed by atoms with E-state index < -0.39 is 0 Å². The van der Waals surface area contributed by atoms with Gasteiger partial charge in [0.25, 0.3) is 0 Å². The van der Waals surface area contributed by atoms with E-state index >= 15 is 0 Å². The number of nitrogens with zero attached hydrogens (tertiary/aromatic N) is 1. The van der Waals surface area contributed by atoms with Crippen LogP contribution in [0.4, 0.5) is 0 Å². The van der Waals surface area contributed by atoms with Gasteiger partial charge in [0, 0.05) is 0 Å². The Morgan fingerprint density at radius 1 is 1.17 bits per heavy atom. The summed E-state index contributed by atoms with van der Waals surface area (Å²) in [5.74, 6) is 0. The molecule has 0 spiro atoms. The summed E-state index contributed by atoms with van der Waals surface area (Å²) >= 11 is 0. The molecule has 2 heteroatoms. The average molecular weight is 173 g/mol. The summed E-state index contributed by atoms with van der Waals surface area (Å²) in [6.45, 7) is 12.0. The molecule has 0 atom stereocenters. The highest BCUT2D eigenvalue weighted by atomic mass is 16.0. The Balaban J connectivity index is 0. The third-order valence-corrected chi connectivity index (χ3v) is 2.10. The Kier molecular flexibility index (Phi) is 8.66. The van der Waals surface area contributed by atoms with Gasteiger partial charge in [-0.25, -0.2) is 0 Å². The summed E-state index contributed by atoms with van der Waals surface area (Å²) in [4.78, 5) is 0. The minimum atomic E-state index is 0. The van der Waals surface area contributed by atoms with E-state index in [0.717, 1.165) is 11.0 Å². The van der Waals surface area contributed by atoms with Crippen LogP contribution in [0.25, 0.3) is 0 Å². The summed E-state index contributed by atoms with van der Waals surface area (Å²) in [6, 6.07) is 0. The van der Waals surface area contributed by atoms with Crippen LogP contribution in [-0.2, 0) is 0 Å². The molecule has 1 N–H and O–H groups in total. The van der Waals surface area contributed by atoms with Gasteiger partial charge in [-0.3, -0.25) is 0 Å². The largest absolute Gasteiger partial charge is 0.870 e. The van der Waals surface area contributed by atoms with Crippen molar-refractivity contribution in [2.45, 2.75) is 26.7 Å². The highest BCUT2D eigenvalue weighted by molar-refractivity contribution is 4.65. The number of hydrogen-bond donors (Lipinski definition) is 0. The van der Waals surface area contributed by atoms with Gasteiger partial charge in [-0.05, 0) is 18.9 Å². The second-order valence-electron chi connectivity index (χ2n) is 3.54. The number of likely N-dealkylation sites (N-methyl/N-ethyl adjacent to an activating group) is 1. The van der Waals surface area contributed by atoms with Crippen molar-refractivity contribution < 1.29 is 9.96 Å². The topological polar surface area (TPSA) is 30.0 Å². The van der Waals surface area contributed by atoms with E-state index in [-0.39, 0.29) is 5.48 Å². The van der Waals surface area contributed by atoms with Crippen LogP contribution in [-0.4, -0.2) is 36.6 Å². The first kappa shape index (κ1) is 14.2. The molecule has 0 radical (unpaired) electrons. The molecule has 0 aliphatic heterocycles. The van der Waals surface area contributed by atoms with E-state index in [1.807, 2.05) is 6.08 Å². The van der Waals surface area contributed by atoms with Gasteiger partial charge in [-0.1, -0.05) is 20.4 Å². The van der Waals surface area contributed by atoms with E-state index in [1.54, 1.807) is 0 Å². The predicted molar refractivity (Wildman–Crippen MR) is 53.5 cm³/mol. The van der Waals surface area contributed by atoms with E-state index in [2.05, 4.69) is 27.5 Å². The Morgan fingerprint density at radius 3 is 1.83 bits per heavy atom. The molecule has 74 valence electrons. The number of rotatable bonds is 6. The second kappa shape index (κ2) is 7.32. The molecule has 0 rings (SSSR count). The summed E-state index contributed by atoms with van der Waals surface area (Å²) in [5, 5.41) is 0. The molecule has 0 aromatic heterocycles. The lowest BCUT2D eigenvalue weighted by atomic mass is 10.3. The van der Waals surface area contributed by atoms with E-state index in [9.17, 15) is 0 Å². The normalized spacial score (nSPS) is 10.6. The van der Waals surface area contributed by atoms with Gasteiger partial charge in [-0.15, -0.1) is 0 Å². The number of hydrogen-bond acceptors (Lipinski definition) is 1. The highest BCUT2D eigenvalue weighted by Crippen LogP contribution is 2.05. The maximum Gasteiger partial charge on any atom is 0.0969 e. The second-order valence-corrected chi connectivity index (χ2v) is 3.54. The summed E-state index contributed by atoms with van der Waals surface area (Å²) in [5.41, 5.74) is 0. The minimum Gasteiger partial charge on any atom is -0.870 e. The molecule has 0 aliphatic carbocycles. The molecule has 0 unspecified atom stereocenters. The van der Waals surface area contributed by atoms with Crippen LogP contribution in [0.2, 0.25) is 0 Å². The zero-order chi connectivity index (χ0) is 8.74. The van der Waals surface area contributed by atoms with Crippen LogP contribution in [0.5, 0.6) is 0 Å². The highest BCUT2D eigenvalue weighted by Gasteiger charge is 2.16. The smallest absolute Gasteiger partial charge is 0.0969 e. The molecule has 12 heavy (non-hydrogen) atoms. The Bertz CT molecular complexity index is 106. The molecule has 0 aromatic rings. The van der Waals surface area contributed by atoms with Gasteiger partial charge in [0.1, 0.15) is 0 Å².